The molecule has 1 saturated heterocycles. The molecule has 0 spiro atoms. The van der Waals surface area contributed by atoms with Gasteiger partial charge in [-0.1, -0.05) is 0 Å². The van der Waals surface area contributed by atoms with Crippen molar-refractivity contribution in [1.29, 1.82) is 0 Å². The first-order valence-electron chi connectivity index (χ1n) is 6.19. The summed E-state index contributed by atoms with van der Waals surface area (Å²) in [6, 6.07) is 4.16. The highest BCUT2D eigenvalue weighted by Gasteiger charge is 2.21. The van der Waals surface area contributed by atoms with Crippen molar-refractivity contribution in [1.82, 2.24) is 4.90 Å². The fourth-order valence-corrected chi connectivity index (χ4v) is 3.82. The number of benzene rings is 1. The van der Waals surface area contributed by atoms with Gasteiger partial charge in [0.15, 0.2) is 0 Å². The lowest BCUT2D eigenvalue weighted by atomic mass is 10.2. The van der Waals surface area contributed by atoms with Crippen LogP contribution >= 0.6 is 31.9 Å². The molecule has 1 aromatic carbocycles. The molecule has 0 saturated carbocycles. The van der Waals surface area contributed by atoms with E-state index in [-0.39, 0.29) is 11.9 Å². The average molecular weight is 391 g/mol. The monoisotopic (exact) mass is 389 g/mol. The van der Waals surface area contributed by atoms with Gasteiger partial charge in [-0.3, -0.25) is 9.69 Å². The number of amides is 1. The Morgan fingerprint density at radius 3 is 2.63 bits per heavy atom. The number of halogens is 2. The third-order valence-corrected chi connectivity index (χ3v) is 4.38. The molecule has 1 fully saturated rings. The first-order valence-corrected chi connectivity index (χ1v) is 7.77. The number of carbonyl (C=O) groups excluding carboxylic acids is 1. The molecule has 6 heteroatoms. The van der Waals surface area contributed by atoms with Gasteiger partial charge in [-0.2, -0.15) is 0 Å². The minimum Gasteiger partial charge on any atom is -0.326 e. The third kappa shape index (κ3) is 4.02. The minimum atomic E-state index is -0.0145. The maximum Gasteiger partial charge on any atom is 0.238 e. The van der Waals surface area contributed by atoms with Crippen molar-refractivity contribution >= 4 is 43.5 Å². The molecule has 3 N–H and O–H groups in total. The SMILES string of the molecule is Cc1cc(Br)c(NC(=O)CN2CC[C@H](N)C2)c(Br)c1. The molecule has 0 aromatic heterocycles. The quantitative estimate of drug-likeness (QED) is 0.833. The minimum absolute atomic E-state index is 0.0145. The largest absolute Gasteiger partial charge is 0.326 e. The first-order chi connectivity index (χ1) is 8.95. The van der Waals surface area contributed by atoms with Crippen molar-refractivity contribution in [3.8, 4) is 0 Å². The summed E-state index contributed by atoms with van der Waals surface area (Å²) in [6.45, 7) is 4.08. The molecule has 1 heterocycles. The van der Waals surface area contributed by atoms with Crippen molar-refractivity contribution in [3.05, 3.63) is 26.6 Å². The second-order valence-electron chi connectivity index (χ2n) is 4.94. The van der Waals surface area contributed by atoms with Gasteiger partial charge in [-0.15, -0.1) is 0 Å². The molecular weight excluding hydrogens is 374 g/mol. The number of rotatable bonds is 3. The number of nitrogens with zero attached hydrogens (tertiary/aromatic N) is 1. The molecule has 0 aliphatic carbocycles. The summed E-state index contributed by atoms with van der Waals surface area (Å²) < 4.78 is 1.76. The first kappa shape index (κ1) is 15.0. The number of nitrogens with two attached hydrogens (primary N) is 1. The molecule has 2 rings (SSSR count). The van der Waals surface area contributed by atoms with Crippen LogP contribution in [0, 0.1) is 6.92 Å². The van der Waals surface area contributed by atoms with Crippen LogP contribution in [0.3, 0.4) is 0 Å². The topological polar surface area (TPSA) is 58.4 Å². The van der Waals surface area contributed by atoms with Crippen LogP contribution in [0.2, 0.25) is 0 Å². The number of nitrogens with one attached hydrogen (secondary N) is 1. The second-order valence-corrected chi connectivity index (χ2v) is 6.64. The van der Waals surface area contributed by atoms with Gasteiger partial charge in [0, 0.05) is 28.1 Å². The lowest BCUT2D eigenvalue weighted by Crippen LogP contribution is -2.33. The summed E-state index contributed by atoms with van der Waals surface area (Å²) in [5, 5.41) is 2.93. The second kappa shape index (κ2) is 6.35. The van der Waals surface area contributed by atoms with Crippen molar-refractivity contribution in [2.75, 3.05) is 25.0 Å². The summed E-state index contributed by atoms with van der Waals surface area (Å²) in [5.41, 5.74) is 7.73. The Morgan fingerprint density at radius 1 is 1.47 bits per heavy atom. The van der Waals surface area contributed by atoms with Crippen LogP contribution in [-0.4, -0.2) is 36.5 Å². The molecule has 1 aliphatic heterocycles. The predicted molar refractivity (Wildman–Crippen MR) is 84.2 cm³/mol. The number of likely N-dealkylation sites (tertiary alicyclic amines) is 1. The molecule has 1 aliphatic rings. The van der Waals surface area contributed by atoms with Gasteiger partial charge in [-0.05, 0) is 62.9 Å². The van der Waals surface area contributed by atoms with E-state index in [0.717, 1.165) is 39.7 Å². The van der Waals surface area contributed by atoms with Crippen molar-refractivity contribution < 1.29 is 4.79 Å². The maximum atomic E-state index is 12.0. The number of hydrogen-bond acceptors (Lipinski definition) is 3. The van der Waals surface area contributed by atoms with E-state index in [2.05, 4.69) is 42.1 Å². The van der Waals surface area contributed by atoms with E-state index in [1.54, 1.807) is 0 Å². The van der Waals surface area contributed by atoms with Crippen LogP contribution in [-0.2, 0) is 4.79 Å². The molecule has 0 unspecified atom stereocenters. The Hall–Kier alpha value is -0.430. The van der Waals surface area contributed by atoms with E-state index < -0.39 is 0 Å². The molecule has 4 nitrogen and oxygen atoms in total. The highest BCUT2D eigenvalue weighted by Crippen LogP contribution is 2.32. The summed E-state index contributed by atoms with van der Waals surface area (Å²) in [5.74, 6) is -0.0145. The molecule has 1 amide bonds. The van der Waals surface area contributed by atoms with Crippen molar-refractivity contribution in [3.63, 3.8) is 0 Å². The van der Waals surface area contributed by atoms with Crippen LogP contribution in [0.4, 0.5) is 5.69 Å². The summed E-state index contributed by atoms with van der Waals surface area (Å²) in [7, 11) is 0. The zero-order chi connectivity index (χ0) is 14.0. The normalized spacial score (nSPS) is 19.7. The van der Waals surface area contributed by atoms with Gasteiger partial charge in [0.2, 0.25) is 5.91 Å². The average Bonchev–Trinajstić information content (AvgIpc) is 2.69. The highest BCUT2D eigenvalue weighted by atomic mass is 79.9. The maximum absolute atomic E-state index is 12.0. The van der Waals surface area contributed by atoms with Gasteiger partial charge < -0.3 is 11.1 Å². The van der Waals surface area contributed by atoms with Crippen LogP contribution in [0.25, 0.3) is 0 Å². The smallest absolute Gasteiger partial charge is 0.238 e. The molecule has 19 heavy (non-hydrogen) atoms. The summed E-state index contributed by atoms with van der Waals surface area (Å²) >= 11 is 6.94. The molecule has 104 valence electrons. The molecule has 0 bridgehead atoms. The Labute approximate surface area is 130 Å². The van der Waals surface area contributed by atoms with E-state index >= 15 is 0 Å². The van der Waals surface area contributed by atoms with E-state index in [0.29, 0.717) is 6.54 Å². The third-order valence-electron chi connectivity index (χ3n) is 3.13. The van der Waals surface area contributed by atoms with Gasteiger partial charge in [0.1, 0.15) is 0 Å². The van der Waals surface area contributed by atoms with Gasteiger partial charge >= 0.3 is 0 Å². The number of hydrogen-bond donors (Lipinski definition) is 2. The number of anilines is 1. The van der Waals surface area contributed by atoms with Crippen molar-refractivity contribution in [2.24, 2.45) is 5.73 Å². The van der Waals surface area contributed by atoms with Gasteiger partial charge in [0.25, 0.3) is 0 Å². The Kier molecular flexibility index (Phi) is 5.00. The lowest BCUT2D eigenvalue weighted by Gasteiger charge is -2.16. The van der Waals surface area contributed by atoms with E-state index in [4.69, 9.17) is 5.73 Å². The van der Waals surface area contributed by atoms with E-state index in [1.165, 1.54) is 0 Å². The van der Waals surface area contributed by atoms with E-state index in [9.17, 15) is 4.79 Å². The Balaban J connectivity index is 1.99. The Bertz CT molecular complexity index is 470. The molecule has 1 aromatic rings. The fourth-order valence-electron chi connectivity index (χ4n) is 2.21. The summed E-state index contributed by atoms with van der Waals surface area (Å²) in [6.07, 6.45) is 0.963. The van der Waals surface area contributed by atoms with Crippen LogP contribution in [0.5, 0.6) is 0 Å². The fraction of sp³-hybridized carbons (Fsp3) is 0.462. The standard InChI is InChI=1S/C13H17Br2N3O/c1-8-4-10(14)13(11(15)5-8)17-12(19)7-18-3-2-9(16)6-18/h4-5,9H,2-3,6-7,16H2,1H3,(H,17,19)/t9-/m0/s1. The summed E-state index contributed by atoms with van der Waals surface area (Å²) in [4.78, 5) is 14.1. The van der Waals surface area contributed by atoms with Crippen LogP contribution < -0.4 is 11.1 Å². The number of aryl methyl sites for hydroxylation is 1. The molecule has 1 atom stereocenters. The zero-order valence-electron chi connectivity index (χ0n) is 10.7. The van der Waals surface area contributed by atoms with Crippen molar-refractivity contribution in [2.45, 2.75) is 19.4 Å². The zero-order valence-corrected chi connectivity index (χ0v) is 13.9. The molecular formula is C13H17Br2N3O. The molecule has 0 radical (unpaired) electrons. The van der Waals surface area contributed by atoms with Gasteiger partial charge in [0.05, 0.1) is 12.2 Å². The van der Waals surface area contributed by atoms with Crippen LogP contribution in [0.1, 0.15) is 12.0 Å². The number of carbonyl (C=O) groups is 1. The Morgan fingerprint density at radius 2 is 2.11 bits per heavy atom. The van der Waals surface area contributed by atoms with E-state index in [1.807, 2.05) is 19.1 Å². The van der Waals surface area contributed by atoms with Crippen LogP contribution in [0.15, 0.2) is 21.1 Å². The lowest BCUT2D eigenvalue weighted by molar-refractivity contribution is -0.117. The highest BCUT2D eigenvalue weighted by molar-refractivity contribution is 9.11. The predicted octanol–water partition coefficient (Wildman–Crippen LogP) is 2.49. The van der Waals surface area contributed by atoms with Gasteiger partial charge in [-0.25, -0.2) is 0 Å².